The third kappa shape index (κ3) is 2.91. The quantitative estimate of drug-likeness (QED) is 0.492. The molecule has 0 saturated heterocycles. The monoisotopic (exact) mass is 165 g/mol. The van der Waals surface area contributed by atoms with Crippen LogP contribution in [-0.2, 0) is 4.79 Å². The Morgan fingerprint density at radius 3 is 3.00 bits per heavy atom. The molecule has 0 heterocycles. The van der Waals surface area contributed by atoms with Crippen molar-refractivity contribution in [1.82, 2.24) is 0 Å². The lowest BCUT2D eigenvalue weighted by Crippen LogP contribution is -2.08. The molecule has 12 heavy (non-hydrogen) atoms. The molecule has 0 spiro atoms. The molecule has 1 atom stereocenters. The average Bonchev–Trinajstić information content (AvgIpc) is 2.03. The Labute approximate surface area is 73.1 Å². The van der Waals surface area contributed by atoms with Crippen LogP contribution in [0.5, 0.6) is 0 Å². The summed E-state index contributed by atoms with van der Waals surface area (Å²) in [6.07, 6.45) is 8.97. The fourth-order valence-electron chi connectivity index (χ4n) is 1.39. The van der Waals surface area contributed by atoms with Gasteiger partial charge < -0.3 is 5.73 Å². The van der Waals surface area contributed by atoms with E-state index in [-0.39, 0.29) is 5.91 Å². The highest BCUT2D eigenvalue weighted by molar-refractivity contribution is 5.85. The predicted octanol–water partition coefficient (Wildman–Crippen LogP) is 1.77. The number of carbonyl (C=O) groups is 1. The first kappa shape index (κ1) is 9.04. The van der Waals surface area contributed by atoms with Crippen molar-refractivity contribution in [2.45, 2.75) is 26.2 Å². The molecule has 2 nitrogen and oxygen atoms in total. The molecular weight excluding hydrogens is 150 g/mol. The Morgan fingerprint density at radius 2 is 2.50 bits per heavy atom. The van der Waals surface area contributed by atoms with E-state index in [1.165, 1.54) is 11.6 Å². The number of rotatable bonds is 2. The smallest absolute Gasteiger partial charge is 0.241 e. The van der Waals surface area contributed by atoms with E-state index in [4.69, 9.17) is 5.73 Å². The lowest BCUT2D eigenvalue weighted by Gasteiger charge is -2.16. The van der Waals surface area contributed by atoms with Gasteiger partial charge in [0.2, 0.25) is 5.91 Å². The van der Waals surface area contributed by atoms with Crippen molar-refractivity contribution < 1.29 is 4.79 Å². The average molecular weight is 165 g/mol. The van der Waals surface area contributed by atoms with Crippen molar-refractivity contribution in [2.75, 3.05) is 0 Å². The van der Waals surface area contributed by atoms with Crippen LogP contribution >= 0.6 is 0 Å². The van der Waals surface area contributed by atoms with Gasteiger partial charge in [0.15, 0.2) is 0 Å². The Kier molecular flexibility index (Phi) is 3.09. The van der Waals surface area contributed by atoms with Gasteiger partial charge >= 0.3 is 0 Å². The molecule has 0 aromatic heterocycles. The summed E-state index contributed by atoms with van der Waals surface area (Å²) in [5.74, 6) is 0.169. The Hall–Kier alpha value is -1.05. The maximum absolute atomic E-state index is 10.4. The molecule has 1 rings (SSSR count). The van der Waals surface area contributed by atoms with Crippen molar-refractivity contribution in [3.63, 3.8) is 0 Å². The molecule has 2 heteroatoms. The fraction of sp³-hybridized carbons (Fsp3) is 0.500. The lowest BCUT2D eigenvalue weighted by atomic mass is 9.90. The van der Waals surface area contributed by atoms with E-state index in [1.807, 2.05) is 6.08 Å². The van der Waals surface area contributed by atoms with Gasteiger partial charge in [-0.15, -0.1) is 0 Å². The third-order valence-electron chi connectivity index (χ3n) is 2.21. The topological polar surface area (TPSA) is 43.1 Å². The largest absolute Gasteiger partial charge is 0.366 e. The molecule has 0 saturated carbocycles. The zero-order chi connectivity index (χ0) is 8.97. The van der Waals surface area contributed by atoms with Gasteiger partial charge in [-0.2, -0.15) is 0 Å². The van der Waals surface area contributed by atoms with Crippen LogP contribution in [0.1, 0.15) is 26.2 Å². The second kappa shape index (κ2) is 4.10. The maximum atomic E-state index is 10.4. The molecule has 0 radical (unpaired) electrons. The normalized spacial score (nSPS) is 24.1. The summed E-state index contributed by atoms with van der Waals surface area (Å²) in [5, 5.41) is 0. The first-order valence-corrected chi connectivity index (χ1v) is 4.32. The van der Waals surface area contributed by atoms with Crippen molar-refractivity contribution in [3.05, 3.63) is 23.8 Å². The molecule has 1 aliphatic rings. The van der Waals surface area contributed by atoms with Crippen molar-refractivity contribution in [2.24, 2.45) is 11.7 Å². The number of carbonyl (C=O) groups excluding carboxylic acids is 1. The molecule has 2 N–H and O–H groups in total. The van der Waals surface area contributed by atoms with Crippen LogP contribution in [0.15, 0.2) is 23.8 Å². The molecule has 66 valence electrons. The van der Waals surface area contributed by atoms with Gasteiger partial charge in [-0.25, -0.2) is 0 Å². The second-order valence-electron chi connectivity index (χ2n) is 3.35. The van der Waals surface area contributed by atoms with Crippen molar-refractivity contribution in [3.8, 4) is 0 Å². The Morgan fingerprint density at radius 1 is 1.75 bits per heavy atom. The first-order chi connectivity index (χ1) is 5.68. The highest BCUT2D eigenvalue weighted by Crippen LogP contribution is 2.23. The van der Waals surface area contributed by atoms with Crippen molar-refractivity contribution in [1.29, 1.82) is 0 Å². The molecule has 1 unspecified atom stereocenters. The molecule has 0 aromatic rings. The highest BCUT2D eigenvalue weighted by Gasteiger charge is 2.08. The lowest BCUT2D eigenvalue weighted by molar-refractivity contribution is -0.113. The minimum atomic E-state index is -0.346. The molecule has 0 fully saturated rings. The molecule has 0 aromatic carbocycles. The number of allylic oxidation sites excluding steroid dienone is 3. The number of nitrogens with two attached hydrogens (primary N) is 1. The Balaban J connectivity index is 2.42. The number of amides is 1. The summed E-state index contributed by atoms with van der Waals surface area (Å²) >= 11 is 0. The van der Waals surface area contributed by atoms with E-state index in [9.17, 15) is 4.79 Å². The van der Waals surface area contributed by atoms with Crippen LogP contribution in [0.4, 0.5) is 0 Å². The van der Waals surface area contributed by atoms with E-state index >= 15 is 0 Å². The van der Waals surface area contributed by atoms with Crippen LogP contribution < -0.4 is 5.73 Å². The molecular formula is C10H15NO. The highest BCUT2D eigenvalue weighted by atomic mass is 16.1. The third-order valence-corrected chi connectivity index (χ3v) is 2.21. The molecule has 1 aliphatic carbocycles. The standard InChI is InChI=1S/C10H15NO/c1-8-2-4-9(5-3-8)6-7-10(11)12/h2,6-7,9H,3-5H2,1H3,(H2,11,12)/b7-6+. The number of primary amides is 1. The Bertz CT molecular complexity index is 228. The van der Waals surface area contributed by atoms with Crippen LogP contribution in [0.3, 0.4) is 0 Å². The first-order valence-electron chi connectivity index (χ1n) is 4.32. The molecule has 1 amide bonds. The maximum Gasteiger partial charge on any atom is 0.241 e. The van der Waals surface area contributed by atoms with E-state index in [0.29, 0.717) is 5.92 Å². The van der Waals surface area contributed by atoms with Gasteiger partial charge in [0.1, 0.15) is 0 Å². The van der Waals surface area contributed by atoms with Gasteiger partial charge in [-0.3, -0.25) is 4.79 Å². The van der Waals surface area contributed by atoms with Crippen LogP contribution in [0.25, 0.3) is 0 Å². The van der Waals surface area contributed by atoms with E-state index < -0.39 is 0 Å². The van der Waals surface area contributed by atoms with Crippen molar-refractivity contribution >= 4 is 5.91 Å². The second-order valence-corrected chi connectivity index (χ2v) is 3.35. The minimum Gasteiger partial charge on any atom is -0.366 e. The molecule has 0 aliphatic heterocycles. The zero-order valence-corrected chi connectivity index (χ0v) is 7.42. The molecule has 0 bridgehead atoms. The number of hydrogen-bond donors (Lipinski definition) is 1. The number of hydrogen-bond acceptors (Lipinski definition) is 1. The van der Waals surface area contributed by atoms with Gasteiger partial charge in [0.05, 0.1) is 0 Å². The van der Waals surface area contributed by atoms with Gasteiger partial charge in [-0.1, -0.05) is 17.7 Å². The van der Waals surface area contributed by atoms with Crippen LogP contribution in [-0.4, -0.2) is 5.91 Å². The van der Waals surface area contributed by atoms with Gasteiger partial charge in [-0.05, 0) is 38.2 Å². The van der Waals surface area contributed by atoms with Gasteiger partial charge in [0, 0.05) is 0 Å². The minimum absolute atomic E-state index is 0.346. The van der Waals surface area contributed by atoms with E-state index in [1.54, 1.807) is 0 Å². The predicted molar refractivity (Wildman–Crippen MR) is 49.4 cm³/mol. The summed E-state index contributed by atoms with van der Waals surface area (Å²) in [5.41, 5.74) is 6.45. The summed E-state index contributed by atoms with van der Waals surface area (Å²) in [4.78, 5) is 10.4. The van der Waals surface area contributed by atoms with Crippen LogP contribution in [0, 0.1) is 5.92 Å². The van der Waals surface area contributed by atoms with E-state index in [0.717, 1.165) is 19.3 Å². The summed E-state index contributed by atoms with van der Waals surface area (Å²) < 4.78 is 0. The van der Waals surface area contributed by atoms with Gasteiger partial charge in [0.25, 0.3) is 0 Å². The van der Waals surface area contributed by atoms with Crippen LogP contribution in [0.2, 0.25) is 0 Å². The summed E-state index contributed by atoms with van der Waals surface area (Å²) in [6, 6.07) is 0. The summed E-state index contributed by atoms with van der Waals surface area (Å²) in [7, 11) is 0. The fourth-order valence-corrected chi connectivity index (χ4v) is 1.39. The zero-order valence-electron chi connectivity index (χ0n) is 7.42. The SMILES string of the molecule is CC1=CCC(/C=C/C(N)=O)CC1. The summed E-state index contributed by atoms with van der Waals surface area (Å²) in [6.45, 7) is 2.15. The van der Waals surface area contributed by atoms with E-state index in [2.05, 4.69) is 13.0 Å².